The topological polar surface area (TPSA) is 51.8 Å². The first-order valence-electron chi connectivity index (χ1n) is 7.12. The maximum atomic E-state index is 5.60. The van der Waals surface area contributed by atoms with Crippen LogP contribution in [0.4, 0.5) is 0 Å². The Labute approximate surface area is 141 Å². The molecule has 4 rings (SSSR count). The van der Waals surface area contributed by atoms with Gasteiger partial charge < -0.3 is 4.42 Å². The number of thioether (sulfide) groups is 1. The number of benzene rings is 1. The molecule has 23 heavy (non-hydrogen) atoms. The van der Waals surface area contributed by atoms with Crippen LogP contribution in [0.2, 0.25) is 0 Å². The van der Waals surface area contributed by atoms with Gasteiger partial charge in [-0.05, 0) is 30.5 Å². The van der Waals surface area contributed by atoms with Gasteiger partial charge >= 0.3 is 0 Å². The van der Waals surface area contributed by atoms with E-state index in [2.05, 4.69) is 34.0 Å². The van der Waals surface area contributed by atoms with Gasteiger partial charge in [0.2, 0.25) is 5.89 Å². The van der Waals surface area contributed by atoms with E-state index in [4.69, 9.17) is 4.42 Å². The van der Waals surface area contributed by atoms with Crippen molar-refractivity contribution in [3.8, 4) is 11.5 Å². The minimum Gasteiger partial charge on any atom is -0.444 e. The fraction of sp³-hybridized carbons (Fsp3) is 0.118. The van der Waals surface area contributed by atoms with Crippen molar-refractivity contribution in [3.63, 3.8) is 0 Å². The number of hydrogen-bond acceptors (Lipinski definition) is 6. The largest absolute Gasteiger partial charge is 0.444 e. The first-order valence-corrected chi connectivity index (χ1v) is 8.98. The molecule has 0 unspecified atom stereocenters. The Morgan fingerprint density at radius 1 is 1.13 bits per heavy atom. The molecule has 4 aromatic rings. The van der Waals surface area contributed by atoms with Gasteiger partial charge in [-0.25, -0.2) is 15.0 Å². The van der Waals surface area contributed by atoms with Crippen LogP contribution in [-0.4, -0.2) is 15.0 Å². The van der Waals surface area contributed by atoms with Crippen LogP contribution in [-0.2, 0) is 5.75 Å². The molecule has 0 bridgehead atoms. The maximum absolute atomic E-state index is 5.60. The molecule has 0 fully saturated rings. The molecule has 0 aliphatic rings. The Bertz CT molecular complexity index is 944. The monoisotopic (exact) mass is 339 g/mol. The summed E-state index contributed by atoms with van der Waals surface area (Å²) >= 11 is 3.32. The minimum absolute atomic E-state index is 0.657. The number of aryl methyl sites for hydroxylation is 1. The van der Waals surface area contributed by atoms with Crippen molar-refractivity contribution in [1.29, 1.82) is 0 Å². The first-order chi connectivity index (χ1) is 11.3. The summed E-state index contributed by atoms with van der Waals surface area (Å²) in [5, 5.41) is 3.03. The van der Waals surface area contributed by atoms with Gasteiger partial charge in [0.15, 0.2) is 0 Å². The van der Waals surface area contributed by atoms with Crippen LogP contribution in [0.3, 0.4) is 0 Å². The molecule has 114 valence electrons. The van der Waals surface area contributed by atoms with E-state index in [9.17, 15) is 0 Å². The Morgan fingerprint density at radius 3 is 2.87 bits per heavy atom. The molecular formula is C17H13N3OS2. The summed E-state index contributed by atoms with van der Waals surface area (Å²) in [5.41, 5.74) is 4.12. The van der Waals surface area contributed by atoms with Gasteiger partial charge in [-0.15, -0.1) is 11.3 Å². The second kappa shape index (κ2) is 6.14. The molecule has 4 nitrogen and oxygen atoms in total. The molecule has 0 aliphatic heterocycles. The highest BCUT2D eigenvalue weighted by molar-refractivity contribution is 7.98. The summed E-state index contributed by atoms with van der Waals surface area (Å²) in [6, 6.07) is 10.2. The number of oxazole rings is 1. The Kier molecular flexibility index (Phi) is 3.85. The number of aromatic nitrogens is 3. The molecule has 0 aliphatic carbocycles. The SMILES string of the molecule is Cc1ccc(-c2nc(CSc3ncnc4ccsc34)co2)cc1. The molecule has 6 heteroatoms. The Hall–Kier alpha value is -2.18. The van der Waals surface area contributed by atoms with Gasteiger partial charge in [0.05, 0.1) is 15.9 Å². The summed E-state index contributed by atoms with van der Waals surface area (Å²) < 4.78 is 6.72. The van der Waals surface area contributed by atoms with Gasteiger partial charge in [0.1, 0.15) is 17.6 Å². The molecule has 0 amide bonds. The number of hydrogen-bond donors (Lipinski definition) is 0. The Morgan fingerprint density at radius 2 is 2.00 bits per heavy atom. The smallest absolute Gasteiger partial charge is 0.226 e. The zero-order chi connectivity index (χ0) is 15.6. The van der Waals surface area contributed by atoms with Gasteiger partial charge in [0.25, 0.3) is 0 Å². The fourth-order valence-corrected chi connectivity index (χ4v) is 4.04. The third-order valence-corrected chi connectivity index (χ3v) is 5.48. The van der Waals surface area contributed by atoms with Crippen LogP contribution in [0.15, 0.2) is 57.7 Å². The van der Waals surface area contributed by atoms with E-state index in [1.807, 2.05) is 23.6 Å². The fourth-order valence-electron chi connectivity index (χ4n) is 2.21. The summed E-state index contributed by atoms with van der Waals surface area (Å²) in [6.07, 6.45) is 3.33. The van der Waals surface area contributed by atoms with Gasteiger partial charge in [0, 0.05) is 11.3 Å². The highest BCUT2D eigenvalue weighted by Crippen LogP contribution is 2.31. The molecule has 3 aromatic heterocycles. The summed E-state index contributed by atoms with van der Waals surface area (Å²) in [6.45, 7) is 2.06. The lowest BCUT2D eigenvalue weighted by atomic mass is 10.1. The zero-order valence-corrected chi connectivity index (χ0v) is 14.0. The molecule has 0 spiro atoms. The molecule has 3 heterocycles. The van der Waals surface area contributed by atoms with Crippen molar-refractivity contribution in [1.82, 2.24) is 15.0 Å². The summed E-state index contributed by atoms with van der Waals surface area (Å²) in [7, 11) is 0. The van der Waals surface area contributed by atoms with Crippen LogP contribution in [0, 0.1) is 6.92 Å². The van der Waals surface area contributed by atoms with Crippen molar-refractivity contribution < 1.29 is 4.42 Å². The number of nitrogens with zero attached hydrogens (tertiary/aromatic N) is 3. The van der Waals surface area contributed by atoms with Crippen molar-refractivity contribution in [2.24, 2.45) is 0 Å². The van der Waals surface area contributed by atoms with E-state index >= 15 is 0 Å². The van der Waals surface area contributed by atoms with Crippen LogP contribution >= 0.6 is 23.1 Å². The third-order valence-electron chi connectivity index (χ3n) is 3.42. The number of thiophene rings is 1. The lowest BCUT2D eigenvalue weighted by Gasteiger charge is -1.99. The highest BCUT2D eigenvalue weighted by Gasteiger charge is 2.10. The van der Waals surface area contributed by atoms with E-state index in [1.54, 1.807) is 35.7 Å². The number of fused-ring (bicyclic) bond motifs is 1. The molecular weight excluding hydrogens is 326 g/mol. The van der Waals surface area contributed by atoms with Crippen molar-refractivity contribution in [3.05, 3.63) is 59.6 Å². The molecule has 1 aromatic carbocycles. The third kappa shape index (κ3) is 3.00. The van der Waals surface area contributed by atoms with Crippen molar-refractivity contribution >= 4 is 33.3 Å². The lowest BCUT2D eigenvalue weighted by Crippen LogP contribution is -1.86. The molecule has 0 radical (unpaired) electrons. The van der Waals surface area contributed by atoms with Gasteiger partial charge in [-0.1, -0.05) is 29.5 Å². The highest BCUT2D eigenvalue weighted by atomic mass is 32.2. The molecule has 0 saturated carbocycles. The predicted molar refractivity (Wildman–Crippen MR) is 93.7 cm³/mol. The van der Waals surface area contributed by atoms with Crippen LogP contribution in [0.1, 0.15) is 11.3 Å². The predicted octanol–water partition coefficient (Wildman–Crippen LogP) is 4.95. The first kappa shape index (κ1) is 14.4. The minimum atomic E-state index is 0.657. The van der Waals surface area contributed by atoms with Gasteiger partial charge in [-0.2, -0.15) is 0 Å². The quantitative estimate of drug-likeness (QED) is 0.389. The van der Waals surface area contributed by atoms with Gasteiger partial charge in [-0.3, -0.25) is 0 Å². The second-order valence-electron chi connectivity index (χ2n) is 5.11. The zero-order valence-electron chi connectivity index (χ0n) is 12.4. The Balaban J connectivity index is 1.52. The standard InChI is InChI=1S/C17H13N3OS2/c1-11-2-4-12(5-3-11)16-20-13(8-21-16)9-23-17-15-14(6-7-22-15)18-10-19-17/h2-8,10H,9H2,1H3. The number of rotatable bonds is 4. The molecule has 0 N–H and O–H groups in total. The molecule has 0 saturated heterocycles. The van der Waals surface area contributed by atoms with Crippen LogP contribution in [0.25, 0.3) is 21.7 Å². The second-order valence-corrected chi connectivity index (χ2v) is 6.99. The van der Waals surface area contributed by atoms with E-state index < -0.39 is 0 Å². The average Bonchev–Trinajstić information content (AvgIpc) is 3.23. The molecule has 0 atom stereocenters. The van der Waals surface area contributed by atoms with Crippen LogP contribution < -0.4 is 0 Å². The van der Waals surface area contributed by atoms with E-state index in [0.29, 0.717) is 5.89 Å². The van der Waals surface area contributed by atoms with E-state index in [-0.39, 0.29) is 0 Å². The van der Waals surface area contributed by atoms with E-state index in [1.165, 1.54) is 5.56 Å². The van der Waals surface area contributed by atoms with E-state index in [0.717, 1.165) is 32.3 Å². The van der Waals surface area contributed by atoms with Crippen LogP contribution in [0.5, 0.6) is 0 Å². The van der Waals surface area contributed by atoms with Crippen molar-refractivity contribution in [2.45, 2.75) is 17.7 Å². The lowest BCUT2D eigenvalue weighted by molar-refractivity contribution is 0.573. The van der Waals surface area contributed by atoms with Crippen molar-refractivity contribution in [2.75, 3.05) is 0 Å². The maximum Gasteiger partial charge on any atom is 0.226 e. The summed E-state index contributed by atoms with van der Waals surface area (Å²) in [5.74, 6) is 1.38. The summed E-state index contributed by atoms with van der Waals surface area (Å²) in [4.78, 5) is 13.2. The normalized spacial score (nSPS) is 11.2. The average molecular weight is 339 g/mol.